The SMILES string of the molecule is c1ccc(-c2cccc(-c3cccc(-c4ccc5c(c4)c4ccccc4n5-c4ccc5oc6ccc(-n7c8ccccc8c8cc(-c9ccccc9)ccc87)cc6c5c4)c3)c2)cc1. The summed E-state index contributed by atoms with van der Waals surface area (Å²) in [5, 5.41) is 7.10. The lowest BCUT2D eigenvalue weighted by molar-refractivity contribution is 0.669. The highest BCUT2D eigenvalue weighted by atomic mass is 16.3. The van der Waals surface area contributed by atoms with Crippen LogP contribution in [0.3, 0.4) is 0 Å². The van der Waals surface area contributed by atoms with Crippen molar-refractivity contribution < 1.29 is 4.42 Å². The predicted octanol–water partition coefficient (Wildman–Crippen LogP) is 16.4. The molecule has 0 saturated carbocycles. The quantitative estimate of drug-likeness (QED) is 0.164. The molecule has 10 aromatic carbocycles. The number of nitrogens with zero attached hydrogens (tertiary/aromatic N) is 2. The number of hydrogen-bond acceptors (Lipinski definition) is 1. The van der Waals surface area contributed by atoms with Gasteiger partial charge in [-0.3, -0.25) is 0 Å². The van der Waals surface area contributed by atoms with Crippen LogP contribution in [0.1, 0.15) is 0 Å². The van der Waals surface area contributed by atoms with Gasteiger partial charge in [-0.2, -0.15) is 0 Å². The molecule has 0 bridgehead atoms. The summed E-state index contributed by atoms with van der Waals surface area (Å²) in [6, 6.07) is 83.4. The zero-order chi connectivity index (χ0) is 41.4. The minimum atomic E-state index is 0.873. The maximum absolute atomic E-state index is 6.53. The number of benzene rings is 10. The number of rotatable bonds is 6. The van der Waals surface area contributed by atoms with Crippen molar-refractivity contribution >= 4 is 65.6 Å². The first-order valence-electron chi connectivity index (χ1n) is 21.6. The van der Waals surface area contributed by atoms with E-state index in [9.17, 15) is 0 Å². The Kier molecular flexibility index (Phi) is 7.91. The molecule has 0 unspecified atom stereocenters. The van der Waals surface area contributed by atoms with E-state index in [1.807, 2.05) is 0 Å². The molecule has 63 heavy (non-hydrogen) atoms. The fourth-order valence-corrected chi connectivity index (χ4v) is 9.91. The second-order valence-electron chi connectivity index (χ2n) is 16.5. The zero-order valence-corrected chi connectivity index (χ0v) is 34.2. The van der Waals surface area contributed by atoms with Crippen LogP contribution in [0, 0.1) is 0 Å². The van der Waals surface area contributed by atoms with Gasteiger partial charge in [0.15, 0.2) is 0 Å². The molecule has 13 rings (SSSR count). The van der Waals surface area contributed by atoms with Crippen molar-refractivity contribution in [2.45, 2.75) is 0 Å². The molecule has 0 aliphatic rings. The van der Waals surface area contributed by atoms with E-state index in [4.69, 9.17) is 4.42 Å². The van der Waals surface area contributed by atoms with Crippen molar-refractivity contribution in [1.29, 1.82) is 0 Å². The molecule has 0 aliphatic heterocycles. The van der Waals surface area contributed by atoms with Crippen LogP contribution in [0.25, 0.3) is 121 Å². The minimum Gasteiger partial charge on any atom is -0.456 e. The second kappa shape index (κ2) is 14.1. The molecule has 0 spiro atoms. The van der Waals surface area contributed by atoms with Crippen molar-refractivity contribution in [3.05, 3.63) is 231 Å². The third kappa shape index (κ3) is 5.75. The Hall–Kier alpha value is -8.40. The van der Waals surface area contributed by atoms with Gasteiger partial charge in [0.2, 0.25) is 0 Å². The number of furan rings is 1. The Labute approximate surface area is 363 Å². The van der Waals surface area contributed by atoms with Crippen LogP contribution in [0.15, 0.2) is 235 Å². The lowest BCUT2D eigenvalue weighted by Crippen LogP contribution is -1.94. The number of para-hydroxylation sites is 2. The van der Waals surface area contributed by atoms with Crippen LogP contribution in [0.4, 0.5) is 0 Å². The number of fused-ring (bicyclic) bond motifs is 9. The van der Waals surface area contributed by atoms with E-state index in [1.54, 1.807) is 0 Å². The van der Waals surface area contributed by atoms with Gasteiger partial charge in [0.25, 0.3) is 0 Å². The Morgan fingerprint density at radius 3 is 1.06 bits per heavy atom. The minimum absolute atomic E-state index is 0.873. The fraction of sp³-hybridized carbons (Fsp3) is 0. The molecular weight excluding hydrogens is 765 g/mol. The second-order valence-corrected chi connectivity index (χ2v) is 16.5. The number of hydrogen-bond donors (Lipinski definition) is 0. The highest BCUT2D eigenvalue weighted by molar-refractivity contribution is 6.13. The normalized spacial score (nSPS) is 11.8. The molecule has 3 aromatic heterocycles. The maximum atomic E-state index is 6.53. The Morgan fingerprint density at radius 1 is 0.222 bits per heavy atom. The average Bonchev–Trinajstić information content (AvgIpc) is 4.01. The van der Waals surface area contributed by atoms with Crippen molar-refractivity contribution in [3.8, 4) is 55.9 Å². The largest absolute Gasteiger partial charge is 0.456 e. The average molecular weight is 803 g/mol. The van der Waals surface area contributed by atoms with Crippen LogP contribution in [0.2, 0.25) is 0 Å². The van der Waals surface area contributed by atoms with E-state index in [2.05, 4.69) is 240 Å². The molecular formula is C60H38N2O. The van der Waals surface area contributed by atoms with Crippen LogP contribution in [-0.4, -0.2) is 9.13 Å². The van der Waals surface area contributed by atoms with E-state index < -0.39 is 0 Å². The first-order chi connectivity index (χ1) is 31.2. The van der Waals surface area contributed by atoms with Crippen LogP contribution < -0.4 is 0 Å². The zero-order valence-electron chi connectivity index (χ0n) is 34.2. The fourth-order valence-electron chi connectivity index (χ4n) is 9.91. The standard InChI is InChI=1S/C60H38N2O/c1-3-13-39(14-4-1)41-17-11-18-42(33-41)43-19-12-20-44(34-43)46-26-30-58-52(36-46)50-22-8-10-24-56(50)62(58)48-28-32-60-54(38-48)53-37-47(27-31-59(53)63-60)61-55-23-9-7-21-49(55)51-35-45(25-29-57(51)61)40-15-5-2-6-16-40/h1-38H. The van der Waals surface area contributed by atoms with Crippen LogP contribution in [0.5, 0.6) is 0 Å². The molecule has 13 aromatic rings. The van der Waals surface area contributed by atoms with Crippen molar-refractivity contribution in [2.75, 3.05) is 0 Å². The van der Waals surface area contributed by atoms with Gasteiger partial charge in [-0.1, -0.05) is 146 Å². The molecule has 0 N–H and O–H groups in total. The summed E-state index contributed by atoms with van der Waals surface area (Å²) in [5.74, 6) is 0. The highest BCUT2D eigenvalue weighted by Crippen LogP contribution is 2.40. The Balaban J connectivity index is 0.919. The summed E-state index contributed by atoms with van der Waals surface area (Å²) in [6.07, 6.45) is 0. The molecule has 0 amide bonds. The van der Waals surface area contributed by atoms with Crippen molar-refractivity contribution in [3.63, 3.8) is 0 Å². The van der Waals surface area contributed by atoms with E-state index in [1.165, 1.54) is 88.1 Å². The first-order valence-corrected chi connectivity index (χ1v) is 21.6. The number of aromatic nitrogens is 2. The lowest BCUT2D eigenvalue weighted by atomic mass is 9.96. The van der Waals surface area contributed by atoms with Crippen LogP contribution >= 0.6 is 0 Å². The van der Waals surface area contributed by atoms with Crippen LogP contribution in [-0.2, 0) is 0 Å². The summed E-state index contributed by atoms with van der Waals surface area (Å²) < 4.78 is 11.3. The van der Waals surface area contributed by atoms with E-state index in [0.29, 0.717) is 0 Å². The summed E-state index contributed by atoms with van der Waals surface area (Å²) in [4.78, 5) is 0. The highest BCUT2D eigenvalue weighted by Gasteiger charge is 2.18. The third-order valence-corrected chi connectivity index (χ3v) is 12.9. The smallest absolute Gasteiger partial charge is 0.135 e. The monoisotopic (exact) mass is 802 g/mol. The van der Waals surface area contributed by atoms with Gasteiger partial charge in [-0.15, -0.1) is 0 Å². The topological polar surface area (TPSA) is 23.0 Å². The molecule has 294 valence electrons. The molecule has 3 heteroatoms. The summed E-state index contributed by atoms with van der Waals surface area (Å²) in [5.41, 5.74) is 18.3. The molecule has 3 nitrogen and oxygen atoms in total. The molecule has 0 radical (unpaired) electrons. The molecule has 0 atom stereocenters. The van der Waals surface area contributed by atoms with Gasteiger partial charge in [0.1, 0.15) is 11.2 Å². The summed E-state index contributed by atoms with van der Waals surface area (Å²) >= 11 is 0. The van der Waals surface area contributed by atoms with Gasteiger partial charge in [-0.05, 0) is 129 Å². The van der Waals surface area contributed by atoms with Gasteiger partial charge >= 0.3 is 0 Å². The van der Waals surface area contributed by atoms with Gasteiger partial charge in [0, 0.05) is 43.7 Å². The molecule has 0 saturated heterocycles. The third-order valence-electron chi connectivity index (χ3n) is 12.9. The Morgan fingerprint density at radius 2 is 0.587 bits per heavy atom. The van der Waals surface area contributed by atoms with Crippen molar-refractivity contribution in [1.82, 2.24) is 9.13 Å². The molecule has 3 heterocycles. The van der Waals surface area contributed by atoms with E-state index in [-0.39, 0.29) is 0 Å². The summed E-state index contributed by atoms with van der Waals surface area (Å²) in [7, 11) is 0. The van der Waals surface area contributed by atoms with Gasteiger partial charge in [-0.25, -0.2) is 0 Å². The molecule has 0 aliphatic carbocycles. The van der Waals surface area contributed by atoms with Gasteiger partial charge in [0.05, 0.1) is 22.1 Å². The lowest BCUT2D eigenvalue weighted by Gasteiger charge is -2.10. The predicted molar refractivity (Wildman–Crippen MR) is 264 cm³/mol. The Bertz CT molecular complexity index is 3900. The molecule has 0 fully saturated rings. The van der Waals surface area contributed by atoms with E-state index >= 15 is 0 Å². The maximum Gasteiger partial charge on any atom is 0.135 e. The van der Waals surface area contributed by atoms with Crippen molar-refractivity contribution in [2.24, 2.45) is 0 Å². The van der Waals surface area contributed by atoms with E-state index in [0.717, 1.165) is 33.3 Å². The summed E-state index contributed by atoms with van der Waals surface area (Å²) in [6.45, 7) is 0. The van der Waals surface area contributed by atoms with Gasteiger partial charge < -0.3 is 13.6 Å². The first kappa shape index (κ1) is 35.4.